The maximum Gasteiger partial charge on any atom is 0.335 e. The van der Waals surface area contributed by atoms with Crippen molar-refractivity contribution in [3.05, 3.63) is 47.1 Å². The van der Waals surface area contributed by atoms with E-state index in [0.717, 1.165) is 26.4 Å². The molecule has 3 aromatic rings. The standard InChI is InChI=1S/C15H13N3O2S2/c1-9-12(10-3-5-11(6-4-10)13(19)20)22-15(17-9)18(2)14-16-7-8-21-14/h3-8H,1-2H3,(H,19,20). The third-order valence-corrected chi connectivity index (χ3v) is 5.30. The van der Waals surface area contributed by atoms with E-state index in [-0.39, 0.29) is 5.56 Å². The Balaban J connectivity index is 1.93. The molecule has 22 heavy (non-hydrogen) atoms. The van der Waals surface area contributed by atoms with E-state index in [1.54, 1.807) is 41.0 Å². The zero-order valence-corrected chi connectivity index (χ0v) is 13.6. The smallest absolute Gasteiger partial charge is 0.335 e. The van der Waals surface area contributed by atoms with Crippen LogP contribution >= 0.6 is 22.7 Å². The number of hydrogen-bond acceptors (Lipinski definition) is 6. The van der Waals surface area contributed by atoms with Crippen LogP contribution in [0.3, 0.4) is 0 Å². The molecule has 0 saturated heterocycles. The number of rotatable bonds is 4. The molecule has 5 nitrogen and oxygen atoms in total. The molecule has 0 fully saturated rings. The van der Waals surface area contributed by atoms with Gasteiger partial charge in [-0.05, 0) is 24.6 Å². The minimum Gasteiger partial charge on any atom is -0.478 e. The van der Waals surface area contributed by atoms with Crippen LogP contribution < -0.4 is 4.90 Å². The summed E-state index contributed by atoms with van der Waals surface area (Å²) < 4.78 is 0. The molecule has 0 radical (unpaired) electrons. The van der Waals surface area contributed by atoms with Gasteiger partial charge in [-0.25, -0.2) is 14.8 Å². The second-order valence-corrected chi connectivity index (χ2v) is 6.52. The molecule has 112 valence electrons. The molecule has 0 bridgehead atoms. The maximum absolute atomic E-state index is 10.9. The highest BCUT2D eigenvalue weighted by Crippen LogP contribution is 2.37. The molecule has 7 heteroatoms. The van der Waals surface area contributed by atoms with E-state index in [9.17, 15) is 4.79 Å². The summed E-state index contributed by atoms with van der Waals surface area (Å²) in [7, 11) is 1.94. The minimum atomic E-state index is -0.920. The fourth-order valence-electron chi connectivity index (χ4n) is 2.02. The van der Waals surface area contributed by atoms with Gasteiger partial charge in [-0.1, -0.05) is 23.5 Å². The van der Waals surface area contributed by atoms with Gasteiger partial charge >= 0.3 is 5.97 Å². The Labute approximate surface area is 135 Å². The van der Waals surface area contributed by atoms with Crippen molar-refractivity contribution in [3.8, 4) is 10.4 Å². The Morgan fingerprint density at radius 3 is 2.55 bits per heavy atom. The summed E-state index contributed by atoms with van der Waals surface area (Å²) in [4.78, 5) is 22.8. The van der Waals surface area contributed by atoms with Crippen LogP contribution in [0.15, 0.2) is 35.8 Å². The first-order valence-electron chi connectivity index (χ1n) is 6.50. The molecule has 0 aliphatic rings. The summed E-state index contributed by atoms with van der Waals surface area (Å²) in [5, 5.41) is 12.6. The summed E-state index contributed by atoms with van der Waals surface area (Å²) in [6.45, 7) is 1.95. The van der Waals surface area contributed by atoms with Gasteiger partial charge in [0.15, 0.2) is 10.3 Å². The van der Waals surface area contributed by atoms with E-state index >= 15 is 0 Å². The van der Waals surface area contributed by atoms with E-state index in [1.807, 2.05) is 36.4 Å². The normalized spacial score (nSPS) is 10.6. The van der Waals surface area contributed by atoms with Gasteiger partial charge in [0.1, 0.15) is 0 Å². The predicted molar refractivity (Wildman–Crippen MR) is 89.4 cm³/mol. The fraction of sp³-hybridized carbons (Fsp3) is 0.133. The number of thiazole rings is 2. The monoisotopic (exact) mass is 331 g/mol. The second kappa shape index (κ2) is 5.86. The SMILES string of the molecule is Cc1nc(N(C)c2nccs2)sc1-c1ccc(C(=O)O)cc1. The number of nitrogens with zero attached hydrogens (tertiary/aromatic N) is 3. The van der Waals surface area contributed by atoms with Crippen LogP contribution in [0, 0.1) is 6.92 Å². The third-order valence-electron chi connectivity index (χ3n) is 3.17. The van der Waals surface area contributed by atoms with E-state index < -0.39 is 5.97 Å². The number of carboxylic acid groups (broad SMARTS) is 1. The Hall–Kier alpha value is -2.25. The molecule has 0 saturated carbocycles. The van der Waals surface area contributed by atoms with Gasteiger partial charge in [0.05, 0.1) is 16.1 Å². The molecule has 2 aromatic heterocycles. The summed E-state index contributed by atoms with van der Waals surface area (Å²) in [5.41, 5.74) is 2.18. The highest BCUT2D eigenvalue weighted by Gasteiger charge is 2.15. The molecular weight excluding hydrogens is 318 g/mol. The summed E-state index contributed by atoms with van der Waals surface area (Å²) in [6.07, 6.45) is 1.77. The van der Waals surface area contributed by atoms with Crippen LogP contribution in [0.25, 0.3) is 10.4 Å². The predicted octanol–water partition coefficient (Wildman–Crippen LogP) is 4.04. The van der Waals surface area contributed by atoms with Crippen molar-refractivity contribution < 1.29 is 9.90 Å². The number of carbonyl (C=O) groups is 1. The zero-order chi connectivity index (χ0) is 15.7. The number of anilines is 2. The van der Waals surface area contributed by atoms with Crippen LogP contribution in [0.4, 0.5) is 10.3 Å². The third kappa shape index (κ3) is 2.72. The number of hydrogen-bond donors (Lipinski definition) is 1. The number of carboxylic acids is 1. The molecule has 0 amide bonds. The van der Waals surface area contributed by atoms with E-state index in [0.29, 0.717) is 0 Å². The van der Waals surface area contributed by atoms with Gasteiger partial charge in [0.25, 0.3) is 0 Å². The van der Waals surface area contributed by atoms with Gasteiger partial charge in [0.2, 0.25) is 0 Å². The fourth-order valence-corrected chi connectivity index (χ4v) is 3.72. The number of aromatic nitrogens is 2. The zero-order valence-electron chi connectivity index (χ0n) is 12.0. The first kappa shape index (κ1) is 14.7. The van der Waals surface area contributed by atoms with E-state index in [4.69, 9.17) is 5.11 Å². The number of aryl methyl sites for hydroxylation is 1. The number of aromatic carboxylic acids is 1. The Bertz CT molecular complexity index is 795. The first-order chi connectivity index (χ1) is 10.6. The Kier molecular flexibility index (Phi) is 3.91. The van der Waals surface area contributed by atoms with Crippen molar-refractivity contribution in [1.29, 1.82) is 0 Å². The van der Waals surface area contributed by atoms with Crippen molar-refractivity contribution in [2.75, 3.05) is 11.9 Å². The van der Waals surface area contributed by atoms with Crippen LogP contribution in [-0.4, -0.2) is 28.1 Å². The molecule has 0 spiro atoms. The summed E-state index contributed by atoms with van der Waals surface area (Å²) in [5.74, 6) is -0.920. The largest absolute Gasteiger partial charge is 0.478 e. The summed E-state index contributed by atoms with van der Waals surface area (Å²) in [6, 6.07) is 6.86. The van der Waals surface area contributed by atoms with Gasteiger partial charge in [0, 0.05) is 18.6 Å². The lowest BCUT2D eigenvalue weighted by Gasteiger charge is -2.10. The van der Waals surface area contributed by atoms with Crippen LogP contribution in [0.5, 0.6) is 0 Å². The lowest BCUT2D eigenvalue weighted by molar-refractivity contribution is 0.0697. The average Bonchev–Trinajstić information content (AvgIpc) is 3.16. The minimum absolute atomic E-state index is 0.283. The van der Waals surface area contributed by atoms with Crippen molar-refractivity contribution in [2.45, 2.75) is 6.92 Å². The molecular formula is C15H13N3O2S2. The van der Waals surface area contributed by atoms with Crippen molar-refractivity contribution >= 4 is 38.9 Å². The quantitative estimate of drug-likeness (QED) is 0.781. The lowest BCUT2D eigenvalue weighted by Crippen LogP contribution is -2.08. The van der Waals surface area contributed by atoms with Gasteiger partial charge in [-0.15, -0.1) is 11.3 Å². The first-order valence-corrected chi connectivity index (χ1v) is 8.20. The molecule has 0 atom stereocenters. The van der Waals surface area contributed by atoms with Crippen LogP contribution in [-0.2, 0) is 0 Å². The molecule has 2 heterocycles. The molecule has 1 N–H and O–H groups in total. The topological polar surface area (TPSA) is 66.3 Å². The molecule has 0 unspecified atom stereocenters. The van der Waals surface area contributed by atoms with Gasteiger partial charge in [-0.3, -0.25) is 4.90 Å². The molecule has 3 rings (SSSR count). The van der Waals surface area contributed by atoms with Gasteiger partial charge < -0.3 is 5.11 Å². The Morgan fingerprint density at radius 2 is 1.95 bits per heavy atom. The molecule has 1 aromatic carbocycles. The maximum atomic E-state index is 10.9. The Morgan fingerprint density at radius 1 is 1.23 bits per heavy atom. The van der Waals surface area contributed by atoms with Crippen molar-refractivity contribution in [2.24, 2.45) is 0 Å². The van der Waals surface area contributed by atoms with Crippen LogP contribution in [0.2, 0.25) is 0 Å². The second-order valence-electron chi connectivity index (χ2n) is 4.67. The van der Waals surface area contributed by atoms with Crippen molar-refractivity contribution in [3.63, 3.8) is 0 Å². The van der Waals surface area contributed by atoms with Gasteiger partial charge in [-0.2, -0.15) is 0 Å². The van der Waals surface area contributed by atoms with E-state index in [1.165, 1.54) is 0 Å². The summed E-state index contributed by atoms with van der Waals surface area (Å²) >= 11 is 3.13. The number of benzene rings is 1. The lowest BCUT2D eigenvalue weighted by atomic mass is 10.1. The van der Waals surface area contributed by atoms with E-state index in [2.05, 4.69) is 9.97 Å². The highest BCUT2D eigenvalue weighted by atomic mass is 32.1. The molecule has 0 aliphatic heterocycles. The molecule has 0 aliphatic carbocycles. The average molecular weight is 331 g/mol. The highest BCUT2D eigenvalue weighted by molar-refractivity contribution is 7.19. The van der Waals surface area contributed by atoms with Crippen LogP contribution in [0.1, 0.15) is 16.1 Å². The van der Waals surface area contributed by atoms with Crippen molar-refractivity contribution in [1.82, 2.24) is 9.97 Å².